The van der Waals surface area contributed by atoms with Crippen molar-refractivity contribution in [2.75, 3.05) is 25.0 Å². The fraction of sp³-hybridized carbons (Fsp3) is 0.737. The number of hydrogen-bond donors (Lipinski definition) is 3. The summed E-state index contributed by atoms with van der Waals surface area (Å²) in [5.41, 5.74) is 12.9. The van der Waals surface area contributed by atoms with E-state index in [4.69, 9.17) is 16.2 Å². The number of likely N-dealkylation sites (tertiary alicyclic amines) is 1. The standard InChI is InChI=1S/C19H30BrN5O/c20-18-15-8-17(22)26-16(15)10-23-19(18)24-13-3-5-14(6-4-13)25-7-1-2-12(9-21)11-25/h10,12-14,17H,1-9,11,21-22H2,(H,23,24). The van der Waals surface area contributed by atoms with Gasteiger partial charge in [0, 0.05) is 30.6 Å². The Kier molecular flexibility index (Phi) is 5.69. The van der Waals surface area contributed by atoms with E-state index in [-0.39, 0.29) is 6.23 Å². The molecule has 2 unspecified atom stereocenters. The van der Waals surface area contributed by atoms with Crippen LogP contribution in [0.3, 0.4) is 0 Å². The average Bonchev–Trinajstić information content (AvgIpc) is 3.06. The van der Waals surface area contributed by atoms with E-state index in [0.29, 0.717) is 12.0 Å². The van der Waals surface area contributed by atoms with Crippen molar-refractivity contribution in [1.82, 2.24) is 9.88 Å². The van der Waals surface area contributed by atoms with Crippen molar-refractivity contribution in [3.63, 3.8) is 0 Å². The number of aromatic nitrogens is 1. The maximum atomic E-state index is 5.90. The number of fused-ring (bicyclic) bond motifs is 1. The molecule has 1 aromatic heterocycles. The molecule has 4 rings (SSSR count). The Labute approximate surface area is 164 Å². The van der Waals surface area contributed by atoms with Crippen LogP contribution in [0.5, 0.6) is 5.75 Å². The lowest BCUT2D eigenvalue weighted by Crippen LogP contribution is -2.46. The van der Waals surface area contributed by atoms with Gasteiger partial charge in [-0.2, -0.15) is 0 Å². The summed E-state index contributed by atoms with van der Waals surface area (Å²) >= 11 is 3.69. The third-order valence-corrected chi connectivity index (χ3v) is 7.06. The number of halogens is 1. The van der Waals surface area contributed by atoms with Gasteiger partial charge in [-0.15, -0.1) is 0 Å². The molecule has 3 heterocycles. The van der Waals surface area contributed by atoms with Gasteiger partial charge in [-0.25, -0.2) is 4.98 Å². The first kappa shape index (κ1) is 18.5. The first-order valence-corrected chi connectivity index (χ1v) is 10.7. The predicted octanol–water partition coefficient (Wildman–Crippen LogP) is 2.46. The second kappa shape index (κ2) is 8.00. The topological polar surface area (TPSA) is 89.4 Å². The molecule has 144 valence electrons. The summed E-state index contributed by atoms with van der Waals surface area (Å²) in [6, 6.07) is 1.21. The largest absolute Gasteiger partial charge is 0.473 e. The van der Waals surface area contributed by atoms with E-state index in [1.807, 2.05) is 0 Å². The van der Waals surface area contributed by atoms with Gasteiger partial charge in [0.15, 0.2) is 6.23 Å². The summed E-state index contributed by atoms with van der Waals surface area (Å²) < 4.78 is 6.58. The van der Waals surface area contributed by atoms with Crippen LogP contribution in [0.1, 0.15) is 44.1 Å². The minimum atomic E-state index is -0.254. The Bertz CT molecular complexity index is 635. The molecule has 3 aliphatic rings. The van der Waals surface area contributed by atoms with Gasteiger partial charge in [0.1, 0.15) is 11.6 Å². The van der Waals surface area contributed by atoms with Crippen LogP contribution >= 0.6 is 15.9 Å². The van der Waals surface area contributed by atoms with Crippen LogP contribution in [0.25, 0.3) is 0 Å². The quantitative estimate of drug-likeness (QED) is 0.688. The second-order valence-corrected chi connectivity index (χ2v) is 8.81. The van der Waals surface area contributed by atoms with Gasteiger partial charge in [-0.3, -0.25) is 5.73 Å². The minimum Gasteiger partial charge on any atom is -0.473 e. The van der Waals surface area contributed by atoms with Gasteiger partial charge in [0.2, 0.25) is 0 Å². The lowest BCUT2D eigenvalue weighted by Gasteiger charge is -2.41. The third-order valence-electron chi connectivity index (χ3n) is 6.20. The van der Waals surface area contributed by atoms with E-state index in [0.717, 1.165) is 40.6 Å². The first-order valence-electron chi connectivity index (χ1n) is 9.94. The van der Waals surface area contributed by atoms with Gasteiger partial charge < -0.3 is 20.7 Å². The van der Waals surface area contributed by atoms with Crippen LogP contribution in [0.2, 0.25) is 0 Å². The Balaban J connectivity index is 1.33. The van der Waals surface area contributed by atoms with Crippen molar-refractivity contribution in [2.24, 2.45) is 17.4 Å². The van der Waals surface area contributed by atoms with Gasteiger partial charge in [0.25, 0.3) is 0 Å². The smallest absolute Gasteiger partial charge is 0.152 e. The molecular formula is C19H30BrN5O. The average molecular weight is 424 g/mol. The van der Waals surface area contributed by atoms with E-state index >= 15 is 0 Å². The van der Waals surface area contributed by atoms with Crippen molar-refractivity contribution < 1.29 is 4.74 Å². The van der Waals surface area contributed by atoms with E-state index in [1.54, 1.807) is 6.20 Å². The normalized spacial score (nSPS) is 32.1. The number of nitrogens with zero attached hydrogens (tertiary/aromatic N) is 2. The lowest BCUT2D eigenvalue weighted by atomic mass is 9.87. The SMILES string of the molecule is NCC1CCCN(C2CCC(Nc3ncc4c(c3Br)CC(N)O4)CC2)C1. The summed E-state index contributed by atoms with van der Waals surface area (Å²) in [5, 5.41) is 3.64. The number of pyridine rings is 1. The second-order valence-electron chi connectivity index (χ2n) is 8.01. The number of rotatable bonds is 4. The Morgan fingerprint density at radius 1 is 1.27 bits per heavy atom. The van der Waals surface area contributed by atoms with Crippen molar-refractivity contribution in [3.05, 3.63) is 16.2 Å². The highest BCUT2D eigenvalue weighted by Crippen LogP contribution is 2.37. The molecule has 0 amide bonds. The minimum absolute atomic E-state index is 0.254. The lowest BCUT2D eigenvalue weighted by molar-refractivity contribution is 0.0986. The molecule has 5 N–H and O–H groups in total. The van der Waals surface area contributed by atoms with E-state index in [9.17, 15) is 0 Å². The molecule has 2 fully saturated rings. The van der Waals surface area contributed by atoms with E-state index in [2.05, 4.69) is 31.1 Å². The summed E-state index contributed by atoms with van der Waals surface area (Å²) in [6.07, 6.45) is 9.77. The molecule has 1 saturated heterocycles. The number of hydrogen-bond acceptors (Lipinski definition) is 6. The number of anilines is 1. The molecule has 7 heteroatoms. The fourth-order valence-corrected chi connectivity index (χ4v) is 5.28. The highest BCUT2D eigenvalue weighted by Gasteiger charge is 2.30. The van der Waals surface area contributed by atoms with Gasteiger partial charge >= 0.3 is 0 Å². The third kappa shape index (κ3) is 3.86. The Morgan fingerprint density at radius 3 is 2.85 bits per heavy atom. The molecule has 1 saturated carbocycles. The van der Waals surface area contributed by atoms with Crippen molar-refractivity contribution in [1.29, 1.82) is 0 Å². The first-order chi connectivity index (χ1) is 12.6. The maximum Gasteiger partial charge on any atom is 0.152 e. The zero-order valence-electron chi connectivity index (χ0n) is 15.3. The summed E-state index contributed by atoms with van der Waals surface area (Å²) in [7, 11) is 0. The number of nitrogens with one attached hydrogen (secondary N) is 1. The molecule has 2 atom stereocenters. The summed E-state index contributed by atoms with van der Waals surface area (Å²) in [5.74, 6) is 2.42. The molecule has 6 nitrogen and oxygen atoms in total. The Morgan fingerprint density at radius 2 is 2.08 bits per heavy atom. The maximum absolute atomic E-state index is 5.90. The molecule has 0 aromatic carbocycles. The summed E-state index contributed by atoms with van der Waals surface area (Å²) in [4.78, 5) is 7.24. The highest BCUT2D eigenvalue weighted by atomic mass is 79.9. The monoisotopic (exact) mass is 423 g/mol. The van der Waals surface area contributed by atoms with E-state index in [1.165, 1.54) is 51.6 Å². The molecule has 0 radical (unpaired) electrons. The Hall–Kier alpha value is -0.890. The van der Waals surface area contributed by atoms with Crippen LogP contribution in [0, 0.1) is 5.92 Å². The number of nitrogens with two attached hydrogens (primary N) is 2. The predicted molar refractivity (Wildman–Crippen MR) is 107 cm³/mol. The van der Waals surface area contributed by atoms with Gasteiger partial charge in [-0.1, -0.05) is 0 Å². The molecule has 0 spiro atoms. The molecule has 1 aliphatic carbocycles. The van der Waals surface area contributed by atoms with Crippen molar-refractivity contribution in [3.8, 4) is 5.75 Å². The zero-order valence-corrected chi connectivity index (χ0v) is 16.9. The van der Waals surface area contributed by atoms with Crippen LogP contribution < -0.4 is 21.5 Å². The van der Waals surface area contributed by atoms with Gasteiger partial charge in [0.05, 0.1) is 10.7 Å². The molecule has 26 heavy (non-hydrogen) atoms. The van der Waals surface area contributed by atoms with Gasteiger partial charge in [-0.05, 0) is 73.5 Å². The molecule has 2 aliphatic heterocycles. The zero-order chi connectivity index (χ0) is 18.1. The summed E-state index contributed by atoms with van der Waals surface area (Å²) in [6.45, 7) is 3.27. The fourth-order valence-electron chi connectivity index (χ4n) is 4.71. The van der Waals surface area contributed by atoms with Crippen LogP contribution in [-0.4, -0.2) is 47.8 Å². The van der Waals surface area contributed by atoms with Crippen LogP contribution in [0.4, 0.5) is 5.82 Å². The highest BCUT2D eigenvalue weighted by molar-refractivity contribution is 9.10. The molecule has 0 bridgehead atoms. The van der Waals surface area contributed by atoms with E-state index < -0.39 is 0 Å². The van der Waals surface area contributed by atoms with Crippen molar-refractivity contribution >= 4 is 21.7 Å². The van der Waals surface area contributed by atoms with Crippen molar-refractivity contribution in [2.45, 2.75) is 63.3 Å². The number of ether oxygens (including phenoxy) is 1. The molecule has 1 aromatic rings. The molecular weight excluding hydrogens is 394 g/mol. The van der Waals surface area contributed by atoms with Crippen LogP contribution in [0.15, 0.2) is 10.7 Å². The number of piperidine rings is 1. The van der Waals surface area contributed by atoms with Crippen LogP contribution in [-0.2, 0) is 6.42 Å².